The normalized spacial score (nSPS) is 20.9. The number of hydrogen-bond donors (Lipinski definition) is 3. The number of benzene rings is 2. The van der Waals surface area contributed by atoms with E-state index in [9.17, 15) is 14.3 Å². The van der Waals surface area contributed by atoms with Crippen LogP contribution in [0.2, 0.25) is 0 Å². The summed E-state index contributed by atoms with van der Waals surface area (Å²) in [6.45, 7) is 2.20. The molecule has 0 saturated carbocycles. The van der Waals surface area contributed by atoms with Crippen molar-refractivity contribution in [2.24, 2.45) is 0 Å². The average molecular weight is 344 g/mol. The molecule has 132 valence electrons. The fraction of sp³-hybridized carbons (Fsp3) is 0.316. The summed E-state index contributed by atoms with van der Waals surface area (Å²) in [6.07, 6.45) is -0.116. The minimum Gasteiger partial charge on any atom is -0.454 e. The highest BCUT2D eigenvalue weighted by Gasteiger charge is 2.28. The van der Waals surface area contributed by atoms with Crippen molar-refractivity contribution in [3.63, 3.8) is 0 Å². The maximum absolute atomic E-state index is 14.3. The molecule has 1 aliphatic rings. The highest BCUT2D eigenvalue weighted by Crippen LogP contribution is 2.27. The number of aliphatic hydroxyl groups excluding tert-OH is 1. The number of hydrogen-bond acceptors (Lipinski definition) is 4. The molecule has 3 N–H and O–H groups in total. The number of ether oxygens (including phenoxy) is 1. The highest BCUT2D eigenvalue weighted by atomic mass is 19.1. The molecule has 2 aromatic rings. The summed E-state index contributed by atoms with van der Waals surface area (Å²) < 4.78 is 19.8. The van der Waals surface area contributed by atoms with Crippen LogP contribution in [0.4, 0.5) is 4.39 Å². The minimum absolute atomic E-state index is 0.133. The fourth-order valence-electron chi connectivity index (χ4n) is 2.80. The van der Waals surface area contributed by atoms with Crippen molar-refractivity contribution in [3.8, 4) is 11.5 Å². The molecule has 25 heavy (non-hydrogen) atoms. The van der Waals surface area contributed by atoms with Crippen LogP contribution in [0.25, 0.3) is 0 Å². The van der Waals surface area contributed by atoms with E-state index >= 15 is 0 Å². The Morgan fingerprint density at radius 3 is 2.72 bits per heavy atom. The Kier molecular flexibility index (Phi) is 5.31. The van der Waals surface area contributed by atoms with Gasteiger partial charge in [0.05, 0.1) is 18.2 Å². The number of β-amino-alcohol motifs (C(OH)–C–C–N with tert-alkyl or cyclic N) is 1. The number of rotatable bonds is 5. The van der Waals surface area contributed by atoms with Crippen LogP contribution in [0.5, 0.6) is 11.5 Å². The summed E-state index contributed by atoms with van der Waals surface area (Å²) >= 11 is 0. The van der Waals surface area contributed by atoms with E-state index in [1.807, 2.05) is 18.2 Å². The fourth-order valence-corrected chi connectivity index (χ4v) is 2.80. The lowest BCUT2D eigenvalue weighted by molar-refractivity contribution is -0.123. The van der Waals surface area contributed by atoms with Crippen LogP contribution in [0.1, 0.15) is 24.9 Å². The molecular formula is C19H21FN2O3. The zero-order chi connectivity index (χ0) is 17.8. The van der Waals surface area contributed by atoms with Gasteiger partial charge in [-0.25, -0.2) is 4.39 Å². The lowest BCUT2D eigenvalue weighted by atomic mass is 10.1. The Morgan fingerprint density at radius 1 is 1.32 bits per heavy atom. The van der Waals surface area contributed by atoms with Crippen LogP contribution < -0.4 is 15.4 Å². The third-order valence-electron chi connectivity index (χ3n) is 4.21. The molecule has 0 spiro atoms. The number of aliphatic hydroxyl groups is 1. The van der Waals surface area contributed by atoms with Crippen molar-refractivity contribution in [2.45, 2.75) is 31.5 Å². The number of nitrogens with one attached hydrogen (secondary N) is 2. The van der Waals surface area contributed by atoms with Crippen molar-refractivity contribution in [3.05, 3.63) is 59.9 Å². The summed E-state index contributed by atoms with van der Waals surface area (Å²) in [5.74, 6) is 0.00126. The van der Waals surface area contributed by atoms with Crippen LogP contribution in [0, 0.1) is 5.82 Å². The van der Waals surface area contributed by atoms with E-state index in [2.05, 4.69) is 10.6 Å². The first-order valence-corrected chi connectivity index (χ1v) is 8.27. The molecule has 5 nitrogen and oxygen atoms in total. The first kappa shape index (κ1) is 17.4. The SMILES string of the molecule is CC(NC(=O)C1CC(O)CN1)c1ccc(Oc2ccccc2)c(F)c1. The van der Waals surface area contributed by atoms with E-state index in [-0.39, 0.29) is 17.7 Å². The zero-order valence-electron chi connectivity index (χ0n) is 13.9. The van der Waals surface area contributed by atoms with Gasteiger partial charge >= 0.3 is 0 Å². The quantitative estimate of drug-likeness (QED) is 0.779. The second-order valence-corrected chi connectivity index (χ2v) is 6.19. The predicted octanol–water partition coefficient (Wildman–Crippen LogP) is 2.52. The van der Waals surface area contributed by atoms with Gasteiger partial charge in [-0.3, -0.25) is 4.79 Å². The number of halogens is 1. The summed E-state index contributed by atoms with van der Waals surface area (Å²) in [5.41, 5.74) is 0.643. The van der Waals surface area contributed by atoms with Crippen molar-refractivity contribution in [2.75, 3.05) is 6.54 Å². The average Bonchev–Trinajstić information content (AvgIpc) is 3.04. The minimum atomic E-state index is -0.502. The van der Waals surface area contributed by atoms with Crippen molar-refractivity contribution >= 4 is 5.91 Å². The summed E-state index contributed by atoms with van der Waals surface area (Å²) in [4.78, 5) is 12.2. The number of carbonyl (C=O) groups is 1. The molecule has 1 saturated heterocycles. The van der Waals surface area contributed by atoms with Gasteiger partial charge in [-0.05, 0) is 43.2 Å². The molecular weight excluding hydrogens is 323 g/mol. The zero-order valence-corrected chi connectivity index (χ0v) is 13.9. The van der Waals surface area contributed by atoms with E-state index in [0.717, 1.165) is 0 Å². The van der Waals surface area contributed by atoms with Gasteiger partial charge in [0.2, 0.25) is 5.91 Å². The molecule has 3 atom stereocenters. The van der Waals surface area contributed by atoms with Gasteiger partial charge < -0.3 is 20.5 Å². The lowest BCUT2D eigenvalue weighted by Crippen LogP contribution is -2.41. The van der Waals surface area contributed by atoms with E-state index in [0.29, 0.717) is 24.3 Å². The van der Waals surface area contributed by atoms with Gasteiger partial charge in [0, 0.05) is 6.54 Å². The van der Waals surface area contributed by atoms with Crippen molar-refractivity contribution in [1.82, 2.24) is 10.6 Å². The molecule has 1 fully saturated rings. The smallest absolute Gasteiger partial charge is 0.237 e. The molecule has 0 aromatic heterocycles. The standard InChI is InChI=1S/C19H21FN2O3/c1-12(22-19(24)17-10-14(23)11-21-17)13-7-8-18(16(20)9-13)25-15-5-3-2-4-6-15/h2-9,12,14,17,21,23H,10-11H2,1H3,(H,22,24). The molecule has 2 aromatic carbocycles. The molecule has 3 unspecified atom stereocenters. The Bertz CT molecular complexity index is 739. The summed E-state index contributed by atoms with van der Waals surface area (Å²) in [7, 11) is 0. The van der Waals surface area contributed by atoms with Gasteiger partial charge in [0.1, 0.15) is 5.75 Å². The van der Waals surface area contributed by atoms with Crippen molar-refractivity contribution < 1.29 is 19.0 Å². The third kappa shape index (κ3) is 4.35. The largest absolute Gasteiger partial charge is 0.454 e. The van der Waals surface area contributed by atoms with E-state index in [4.69, 9.17) is 4.74 Å². The van der Waals surface area contributed by atoms with Crippen LogP contribution in [0.3, 0.4) is 0 Å². The Hall–Kier alpha value is -2.44. The molecule has 1 heterocycles. The maximum atomic E-state index is 14.3. The van der Waals surface area contributed by atoms with Gasteiger partial charge in [0.25, 0.3) is 0 Å². The highest BCUT2D eigenvalue weighted by molar-refractivity contribution is 5.82. The Labute approximate surface area is 145 Å². The third-order valence-corrected chi connectivity index (χ3v) is 4.21. The molecule has 0 aliphatic carbocycles. The second-order valence-electron chi connectivity index (χ2n) is 6.19. The predicted molar refractivity (Wildman–Crippen MR) is 91.9 cm³/mol. The van der Waals surface area contributed by atoms with Gasteiger partial charge in [0.15, 0.2) is 11.6 Å². The summed E-state index contributed by atoms with van der Waals surface area (Å²) in [5, 5.41) is 15.3. The van der Waals surface area contributed by atoms with Crippen LogP contribution in [0.15, 0.2) is 48.5 Å². The maximum Gasteiger partial charge on any atom is 0.237 e. The van der Waals surface area contributed by atoms with Crippen LogP contribution in [-0.2, 0) is 4.79 Å². The molecule has 0 radical (unpaired) electrons. The first-order chi connectivity index (χ1) is 12.0. The van der Waals surface area contributed by atoms with Gasteiger partial charge in [-0.2, -0.15) is 0 Å². The first-order valence-electron chi connectivity index (χ1n) is 8.27. The van der Waals surface area contributed by atoms with Gasteiger partial charge in [-0.1, -0.05) is 24.3 Å². The molecule has 0 bridgehead atoms. The van der Waals surface area contributed by atoms with Crippen molar-refractivity contribution in [1.29, 1.82) is 0 Å². The van der Waals surface area contributed by atoms with Gasteiger partial charge in [-0.15, -0.1) is 0 Å². The Morgan fingerprint density at radius 2 is 2.08 bits per heavy atom. The number of amides is 1. The number of carbonyl (C=O) groups excluding carboxylic acids is 1. The lowest BCUT2D eigenvalue weighted by Gasteiger charge is -2.18. The second kappa shape index (κ2) is 7.63. The van der Waals surface area contributed by atoms with Crippen LogP contribution in [-0.4, -0.2) is 29.7 Å². The monoisotopic (exact) mass is 344 g/mol. The molecule has 6 heteroatoms. The van der Waals surface area contributed by atoms with E-state index in [1.165, 1.54) is 6.07 Å². The molecule has 1 aliphatic heterocycles. The van der Waals surface area contributed by atoms with E-state index < -0.39 is 18.0 Å². The molecule has 3 rings (SSSR count). The number of para-hydroxylation sites is 1. The topological polar surface area (TPSA) is 70.6 Å². The molecule has 1 amide bonds. The van der Waals surface area contributed by atoms with Crippen LogP contribution >= 0.6 is 0 Å². The Balaban J connectivity index is 1.64. The summed E-state index contributed by atoms with van der Waals surface area (Å²) in [6, 6.07) is 12.9. The van der Waals surface area contributed by atoms with E-state index in [1.54, 1.807) is 31.2 Å².